The Balaban J connectivity index is 0.00000196. The fourth-order valence-corrected chi connectivity index (χ4v) is 10.4. The van der Waals surface area contributed by atoms with Gasteiger partial charge in [0.05, 0.1) is 22.8 Å². The SMILES string of the molecule is Cc1cc(C)c(-c2c3nc(c(-c4c(C)cc(C)cc4C)c4ccc([n-]4)c(-c4c(C)cc(C)cc4C)c4nc(c(-c5c(C)cc(C)cc5C)c5ccc2[n-]5)C=C4)C=C3)c(C)c1.[C-]#[O+].[Os+2]. The van der Waals surface area contributed by atoms with E-state index in [2.05, 4.69) is 187 Å². The first-order valence-electron chi connectivity index (χ1n) is 21.3. The van der Waals surface area contributed by atoms with Crippen LogP contribution in [0, 0.1) is 89.7 Å². The van der Waals surface area contributed by atoms with Gasteiger partial charge in [-0.05, 0) is 196 Å². The van der Waals surface area contributed by atoms with Crippen LogP contribution in [0.25, 0.3) is 90.9 Å². The molecular formula is C57H52N4OOs. The summed E-state index contributed by atoms with van der Waals surface area (Å²) >= 11 is 0. The predicted octanol–water partition coefficient (Wildman–Crippen LogP) is 14.2. The zero-order valence-corrected chi connectivity index (χ0v) is 40.8. The smallest absolute Gasteiger partial charge is 2.00 e. The van der Waals surface area contributed by atoms with E-state index in [1.54, 1.807) is 0 Å². The Hall–Kier alpha value is -6.14. The van der Waals surface area contributed by atoms with Gasteiger partial charge in [0, 0.05) is 0 Å². The zero-order valence-electron chi connectivity index (χ0n) is 38.3. The van der Waals surface area contributed by atoms with Crippen molar-refractivity contribution in [1.82, 2.24) is 19.9 Å². The number of rotatable bonds is 4. The van der Waals surface area contributed by atoms with Crippen molar-refractivity contribution in [3.63, 3.8) is 0 Å². The number of hydrogen-bond donors (Lipinski definition) is 0. The Bertz CT molecular complexity index is 2760. The van der Waals surface area contributed by atoms with E-state index < -0.39 is 0 Å². The van der Waals surface area contributed by atoms with Gasteiger partial charge in [-0.25, -0.2) is 9.97 Å². The molecule has 0 amide bonds. The second kappa shape index (κ2) is 17.6. The van der Waals surface area contributed by atoms with Gasteiger partial charge in [-0.3, -0.25) is 0 Å². The third-order valence-electron chi connectivity index (χ3n) is 12.3. The van der Waals surface area contributed by atoms with Crippen LogP contribution in [0.4, 0.5) is 0 Å². The van der Waals surface area contributed by atoms with Crippen LogP contribution in [0.15, 0.2) is 72.8 Å². The van der Waals surface area contributed by atoms with Crippen molar-refractivity contribution in [1.29, 1.82) is 0 Å². The molecule has 0 radical (unpaired) electrons. The molecule has 2 aliphatic rings. The van der Waals surface area contributed by atoms with Gasteiger partial charge in [-0.2, -0.15) is 0 Å². The molecule has 9 rings (SSSR count). The topological polar surface area (TPSA) is 73.9 Å². The van der Waals surface area contributed by atoms with Crippen LogP contribution in [0.5, 0.6) is 0 Å². The minimum atomic E-state index is 0. The number of benzene rings is 4. The molecule has 7 aromatic rings. The number of fused-ring (bicyclic) bond motifs is 8. The monoisotopic (exact) mass is 1000 g/mol. The first-order valence-corrected chi connectivity index (χ1v) is 21.3. The number of aromatic nitrogens is 4. The zero-order chi connectivity index (χ0) is 44.3. The molecule has 5 nitrogen and oxygen atoms in total. The molecule has 0 unspecified atom stereocenters. The summed E-state index contributed by atoms with van der Waals surface area (Å²) in [5.74, 6) is 0. The molecule has 2 aliphatic heterocycles. The molecule has 6 heteroatoms. The van der Waals surface area contributed by atoms with Crippen LogP contribution >= 0.6 is 0 Å². The standard InChI is InChI=1S/C56H52N4.CO.Os/c1-29-21-33(5)49(34(6)22-29)53-41-13-15-43(57-41)54(50-35(7)23-30(2)24-36(50)8)45-17-19-47(59-45)56(52-39(11)27-32(4)28-40(52)12)48-20-18-46(60-48)55(44-16-14-42(53)58-44)51-37(9)25-31(3)26-38(51)10;1-2;/h13-28H,1-12H3;;/q-2;;+2. The Morgan fingerprint density at radius 2 is 0.492 bits per heavy atom. The van der Waals surface area contributed by atoms with Crippen LogP contribution in [0.2, 0.25) is 0 Å². The van der Waals surface area contributed by atoms with Gasteiger partial charge >= 0.3 is 31.1 Å². The third-order valence-corrected chi connectivity index (χ3v) is 12.3. The average Bonchev–Trinajstić information content (AvgIpc) is 4.03. The molecule has 5 heterocycles. The summed E-state index contributed by atoms with van der Waals surface area (Å²) in [5, 5.41) is 0. The predicted molar refractivity (Wildman–Crippen MR) is 259 cm³/mol. The number of hydrogen-bond acceptors (Lipinski definition) is 2. The van der Waals surface area contributed by atoms with Crippen molar-refractivity contribution in [3.8, 4) is 44.5 Å². The van der Waals surface area contributed by atoms with Gasteiger partial charge in [0.15, 0.2) is 0 Å². The van der Waals surface area contributed by atoms with E-state index in [1.807, 2.05) is 0 Å². The molecule has 0 aliphatic carbocycles. The summed E-state index contributed by atoms with van der Waals surface area (Å²) in [7, 11) is 0. The third kappa shape index (κ3) is 8.05. The van der Waals surface area contributed by atoms with Crippen molar-refractivity contribution in [3.05, 3.63) is 169 Å². The normalized spacial score (nSPS) is 11.7. The van der Waals surface area contributed by atoms with Crippen molar-refractivity contribution in [2.75, 3.05) is 0 Å². The molecule has 4 aromatic carbocycles. The maximum atomic E-state index is 7.50. The Kier molecular flexibility index (Phi) is 12.5. The molecule has 0 N–H and O–H groups in total. The Labute approximate surface area is 385 Å². The fraction of sp³-hybridized carbons (Fsp3) is 0.211. The summed E-state index contributed by atoms with van der Waals surface area (Å²) in [6.45, 7) is 30.8. The number of aryl methyl sites for hydroxylation is 12. The van der Waals surface area contributed by atoms with E-state index in [0.29, 0.717) is 0 Å². The molecule has 314 valence electrons. The van der Waals surface area contributed by atoms with Crippen LogP contribution in [-0.4, -0.2) is 9.97 Å². The first kappa shape index (κ1) is 44.9. The average molecular weight is 999 g/mol. The fourth-order valence-electron chi connectivity index (χ4n) is 10.4. The molecule has 8 bridgehead atoms. The molecule has 0 saturated carbocycles. The van der Waals surface area contributed by atoms with Crippen LogP contribution in [0.3, 0.4) is 0 Å². The maximum Gasteiger partial charge on any atom is 2.00 e. The van der Waals surface area contributed by atoms with E-state index in [0.717, 1.165) is 89.4 Å². The van der Waals surface area contributed by atoms with E-state index in [-0.39, 0.29) is 19.8 Å². The van der Waals surface area contributed by atoms with Gasteiger partial charge in [0.25, 0.3) is 0 Å². The van der Waals surface area contributed by atoms with Crippen molar-refractivity contribution in [2.45, 2.75) is 83.1 Å². The summed E-state index contributed by atoms with van der Waals surface area (Å²) in [5.41, 5.74) is 30.4. The Morgan fingerprint density at radius 1 is 0.317 bits per heavy atom. The van der Waals surface area contributed by atoms with Crippen molar-refractivity contribution in [2.24, 2.45) is 0 Å². The summed E-state index contributed by atoms with van der Waals surface area (Å²) in [4.78, 5) is 22.4. The molecule has 0 fully saturated rings. The van der Waals surface area contributed by atoms with E-state index in [9.17, 15) is 0 Å². The second-order valence-electron chi connectivity index (χ2n) is 17.5. The van der Waals surface area contributed by atoms with E-state index in [4.69, 9.17) is 24.6 Å². The van der Waals surface area contributed by atoms with Crippen LogP contribution in [0.1, 0.15) is 89.5 Å². The summed E-state index contributed by atoms with van der Waals surface area (Å²) in [6, 6.07) is 26.9. The van der Waals surface area contributed by atoms with E-state index >= 15 is 0 Å². The Morgan fingerprint density at radius 3 is 0.667 bits per heavy atom. The first-order chi connectivity index (χ1) is 29.7. The van der Waals surface area contributed by atoms with Crippen LogP contribution < -0.4 is 9.97 Å². The largest absolute Gasteiger partial charge is 2.00 e. The van der Waals surface area contributed by atoms with Gasteiger partial charge in [0.2, 0.25) is 0 Å². The molecule has 3 aromatic heterocycles. The van der Waals surface area contributed by atoms with E-state index in [1.165, 1.54) is 66.8 Å². The summed E-state index contributed by atoms with van der Waals surface area (Å²) < 4.78 is 7.50. The molecule has 63 heavy (non-hydrogen) atoms. The van der Waals surface area contributed by atoms with Crippen molar-refractivity contribution < 1.29 is 24.4 Å². The number of nitrogens with zero attached hydrogens (tertiary/aromatic N) is 4. The van der Waals surface area contributed by atoms with Crippen molar-refractivity contribution >= 4 is 46.4 Å². The van der Waals surface area contributed by atoms with Gasteiger partial charge in [-0.15, -0.1) is 22.1 Å². The summed E-state index contributed by atoms with van der Waals surface area (Å²) in [6.07, 6.45) is 8.72. The molecule has 0 atom stereocenters. The minimum absolute atomic E-state index is 0. The quantitative estimate of drug-likeness (QED) is 0.130. The maximum absolute atomic E-state index is 7.50. The van der Waals surface area contributed by atoms with Gasteiger partial charge in [0.1, 0.15) is 0 Å². The molecule has 0 spiro atoms. The van der Waals surface area contributed by atoms with Crippen LogP contribution in [-0.2, 0) is 24.4 Å². The molecule has 0 saturated heterocycles. The second-order valence-corrected chi connectivity index (χ2v) is 17.5. The van der Waals surface area contributed by atoms with Gasteiger partial charge in [-0.1, -0.05) is 95.1 Å². The van der Waals surface area contributed by atoms with Gasteiger partial charge < -0.3 is 9.97 Å². The molecular weight excluding hydrogens is 947 g/mol. The minimum Gasteiger partial charge on any atom is 2.00 e.